The summed E-state index contributed by atoms with van der Waals surface area (Å²) in [5.74, 6) is -0.743. The Morgan fingerprint density at radius 1 is 1.15 bits per heavy atom. The zero-order valence-electron chi connectivity index (χ0n) is 18.9. The molecular formula is C24H24N4O3S2. The summed E-state index contributed by atoms with van der Waals surface area (Å²) in [6.45, 7) is 8.15. The van der Waals surface area contributed by atoms with E-state index in [1.54, 1.807) is 31.8 Å². The van der Waals surface area contributed by atoms with Crippen LogP contribution < -0.4 is 9.91 Å². The van der Waals surface area contributed by atoms with Gasteiger partial charge in [0.1, 0.15) is 4.88 Å². The second kappa shape index (κ2) is 9.76. The fraction of sp³-hybridized carbons (Fsp3) is 0.250. The number of esters is 1. The summed E-state index contributed by atoms with van der Waals surface area (Å²) >= 11 is 2.81. The third kappa shape index (κ3) is 4.65. The lowest BCUT2D eigenvalue weighted by Gasteiger charge is -2.32. The summed E-state index contributed by atoms with van der Waals surface area (Å²) in [6.07, 6.45) is 1.64. The first kappa shape index (κ1) is 23.0. The Morgan fingerprint density at radius 2 is 1.91 bits per heavy atom. The molecule has 0 spiro atoms. The molecule has 0 saturated carbocycles. The molecular weight excluding hydrogens is 456 g/mol. The highest BCUT2D eigenvalue weighted by Crippen LogP contribution is 2.47. The van der Waals surface area contributed by atoms with E-state index in [-0.39, 0.29) is 12.5 Å². The summed E-state index contributed by atoms with van der Waals surface area (Å²) in [7, 11) is 0. The number of hydrogen-bond acceptors (Lipinski definition) is 8. The minimum Gasteiger partial charge on any atom is -0.462 e. The molecule has 0 fully saturated rings. The van der Waals surface area contributed by atoms with E-state index in [2.05, 4.69) is 52.2 Å². The van der Waals surface area contributed by atoms with Gasteiger partial charge in [0.25, 0.3) is 0 Å². The van der Waals surface area contributed by atoms with E-state index in [1.165, 1.54) is 22.5 Å². The summed E-state index contributed by atoms with van der Waals surface area (Å²) < 4.78 is 5.07. The number of carbonyl (C=O) groups is 2. The van der Waals surface area contributed by atoms with Crippen molar-refractivity contribution in [2.24, 2.45) is 5.10 Å². The van der Waals surface area contributed by atoms with Gasteiger partial charge in [-0.25, -0.2) is 9.78 Å². The molecule has 7 nitrogen and oxygen atoms in total. The van der Waals surface area contributed by atoms with Crippen LogP contribution in [-0.2, 0) is 9.53 Å². The summed E-state index contributed by atoms with van der Waals surface area (Å²) in [5.41, 5.74) is 3.73. The lowest BCUT2D eigenvalue weighted by molar-refractivity contribution is -0.116. The molecule has 0 aliphatic carbocycles. The average Bonchev–Trinajstić information content (AvgIpc) is 3.18. The van der Waals surface area contributed by atoms with E-state index in [4.69, 9.17) is 4.74 Å². The smallest absolute Gasteiger partial charge is 0.350 e. The van der Waals surface area contributed by atoms with Crippen molar-refractivity contribution in [1.82, 2.24) is 4.98 Å². The van der Waals surface area contributed by atoms with Crippen LogP contribution >= 0.6 is 23.1 Å². The van der Waals surface area contributed by atoms with E-state index < -0.39 is 5.97 Å². The van der Waals surface area contributed by atoms with Crippen LogP contribution in [0.5, 0.6) is 0 Å². The summed E-state index contributed by atoms with van der Waals surface area (Å²) in [5, 5.41) is 5.93. The topological polar surface area (TPSA) is 75.1 Å². The highest BCUT2D eigenvalue weighted by Gasteiger charge is 2.23. The number of fused-ring (bicyclic) bond motifs is 2. The normalized spacial score (nSPS) is 12.4. The van der Waals surface area contributed by atoms with Gasteiger partial charge in [0, 0.05) is 23.3 Å². The van der Waals surface area contributed by atoms with E-state index in [9.17, 15) is 9.59 Å². The molecule has 9 heteroatoms. The Hall–Kier alpha value is -3.17. The first-order valence-corrected chi connectivity index (χ1v) is 12.2. The number of nitrogens with zero attached hydrogens (tertiary/aromatic N) is 4. The number of aryl methyl sites for hydroxylation is 1. The van der Waals surface area contributed by atoms with Crippen molar-refractivity contribution in [3.63, 3.8) is 0 Å². The standard InChI is InChI=1S/C24H24N4O3S2/c1-5-27-18-9-7-8-10-20(18)32-21-13-17(11-12-19(21)27)14-25-28(16(4)29)24-26-15(3)22(33-24)23(30)31-6-2/h7-14H,5-6H2,1-4H3/b25-14+. The number of thiazole rings is 1. The number of anilines is 3. The van der Waals surface area contributed by atoms with Crippen molar-refractivity contribution in [1.29, 1.82) is 0 Å². The molecule has 0 bridgehead atoms. The zero-order valence-corrected chi connectivity index (χ0v) is 20.5. The monoisotopic (exact) mass is 480 g/mol. The molecule has 1 aliphatic heterocycles. The number of aromatic nitrogens is 1. The molecule has 4 rings (SSSR count). The van der Waals surface area contributed by atoms with Crippen molar-refractivity contribution < 1.29 is 14.3 Å². The highest BCUT2D eigenvalue weighted by molar-refractivity contribution is 7.99. The van der Waals surface area contributed by atoms with Crippen LogP contribution in [0, 0.1) is 6.92 Å². The number of ether oxygens (including phenoxy) is 1. The minimum absolute atomic E-state index is 0.274. The highest BCUT2D eigenvalue weighted by atomic mass is 32.2. The second-order valence-corrected chi connectivity index (χ2v) is 9.31. The van der Waals surface area contributed by atoms with Crippen LogP contribution in [-0.4, -0.2) is 36.2 Å². The van der Waals surface area contributed by atoms with Crippen molar-refractivity contribution in [3.05, 3.63) is 58.6 Å². The molecule has 2 aromatic carbocycles. The number of rotatable bonds is 6. The molecule has 170 valence electrons. The van der Waals surface area contributed by atoms with Crippen LogP contribution in [0.4, 0.5) is 16.5 Å². The predicted molar refractivity (Wildman–Crippen MR) is 133 cm³/mol. The van der Waals surface area contributed by atoms with Gasteiger partial charge in [0.15, 0.2) is 0 Å². The molecule has 0 unspecified atom stereocenters. The van der Waals surface area contributed by atoms with E-state index in [1.807, 2.05) is 12.1 Å². The molecule has 1 aliphatic rings. The average molecular weight is 481 g/mol. The third-order valence-electron chi connectivity index (χ3n) is 5.01. The SMILES string of the molecule is CCOC(=O)c1sc(N(/N=C/c2ccc3c(c2)Sc2ccccc2N3CC)C(C)=O)nc1C. The first-order valence-electron chi connectivity index (χ1n) is 10.6. The first-order chi connectivity index (χ1) is 15.9. The quantitative estimate of drug-likeness (QED) is 0.258. The number of hydrogen-bond donors (Lipinski definition) is 0. The molecule has 2 heterocycles. The van der Waals surface area contributed by atoms with Crippen LogP contribution in [0.2, 0.25) is 0 Å². The molecule has 1 aromatic heterocycles. The van der Waals surface area contributed by atoms with Crippen LogP contribution in [0.3, 0.4) is 0 Å². The largest absolute Gasteiger partial charge is 0.462 e. The van der Waals surface area contributed by atoms with Crippen molar-refractivity contribution in [2.45, 2.75) is 37.5 Å². The van der Waals surface area contributed by atoms with Crippen LogP contribution in [0.25, 0.3) is 0 Å². The second-order valence-electron chi connectivity index (χ2n) is 7.25. The number of carbonyl (C=O) groups excluding carboxylic acids is 2. The number of para-hydroxylation sites is 1. The van der Waals surface area contributed by atoms with Gasteiger partial charge in [0.05, 0.1) is 29.9 Å². The van der Waals surface area contributed by atoms with Gasteiger partial charge in [0.2, 0.25) is 11.0 Å². The fourth-order valence-corrected chi connectivity index (χ4v) is 5.63. The van der Waals surface area contributed by atoms with E-state index >= 15 is 0 Å². The Bertz CT molecular complexity index is 1240. The Balaban J connectivity index is 1.62. The number of benzene rings is 2. The van der Waals surface area contributed by atoms with Gasteiger partial charge in [-0.2, -0.15) is 10.1 Å². The van der Waals surface area contributed by atoms with E-state index in [0.717, 1.165) is 34.0 Å². The molecule has 1 amide bonds. The number of hydrazone groups is 1. The maximum absolute atomic E-state index is 12.3. The van der Waals surface area contributed by atoms with Gasteiger partial charge in [-0.1, -0.05) is 41.3 Å². The van der Waals surface area contributed by atoms with Crippen molar-refractivity contribution >= 4 is 57.7 Å². The van der Waals surface area contributed by atoms with Gasteiger partial charge in [-0.15, -0.1) is 0 Å². The summed E-state index contributed by atoms with van der Waals surface area (Å²) in [6, 6.07) is 14.5. The molecule has 0 radical (unpaired) electrons. The van der Waals surface area contributed by atoms with Gasteiger partial charge in [-0.05, 0) is 50.6 Å². The Kier molecular flexibility index (Phi) is 6.80. The maximum atomic E-state index is 12.3. The molecule has 3 aromatic rings. The van der Waals surface area contributed by atoms with Crippen LogP contribution in [0.1, 0.15) is 41.7 Å². The Labute approximate surface area is 201 Å². The zero-order chi connectivity index (χ0) is 23.5. The van der Waals surface area contributed by atoms with E-state index in [0.29, 0.717) is 15.7 Å². The fourth-order valence-electron chi connectivity index (χ4n) is 3.52. The molecule has 0 atom stereocenters. The minimum atomic E-state index is -0.446. The number of amides is 1. The Morgan fingerprint density at radius 3 is 2.64 bits per heavy atom. The van der Waals surface area contributed by atoms with Gasteiger partial charge < -0.3 is 9.64 Å². The lowest BCUT2D eigenvalue weighted by Crippen LogP contribution is -2.22. The third-order valence-corrected chi connectivity index (χ3v) is 7.24. The van der Waals surface area contributed by atoms with Crippen LogP contribution in [0.15, 0.2) is 57.4 Å². The summed E-state index contributed by atoms with van der Waals surface area (Å²) in [4.78, 5) is 33.8. The van der Waals surface area contributed by atoms with Gasteiger partial charge >= 0.3 is 5.97 Å². The molecule has 0 N–H and O–H groups in total. The molecule has 33 heavy (non-hydrogen) atoms. The van der Waals surface area contributed by atoms with Crippen molar-refractivity contribution in [3.8, 4) is 0 Å². The molecule has 0 saturated heterocycles. The van der Waals surface area contributed by atoms with Gasteiger partial charge in [-0.3, -0.25) is 4.79 Å². The van der Waals surface area contributed by atoms with Crippen molar-refractivity contribution in [2.75, 3.05) is 23.1 Å². The predicted octanol–water partition coefficient (Wildman–Crippen LogP) is 5.64. The lowest BCUT2D eigenvalue weighted by atomic mass is 10.1. The maximum Gasteiger partial charge on any atom is 0.350 e.